The lowest BCUT2D eigenvalue weighted by molar-refractivity contribution is 0.673. The molecule has 0 spiro atoms. The van der Waals surface area contributed by atoms with Crippen molar-refractivity contribution >= 4 is 78.4 Å². The maximum Gasteiger partial charge on any atom is 0.143 e. The second kappa shape index (κ2) is 11.8. The van der Waals surface area contributed by atoms with Gasteiger partial charge in [-0.05, 0) is 64.6 Å². The molecule has 0 saturated carbocycles. The van der Waals surface area contributed by atoms with Crippen LogP contribution >= 0.6 is 7.92 Å². The zero-order chi connectivity index (χ0) is 33.0. The zero-order valence-corrected chi connectivity index (χ0v) is 27.9. The summed E-state index contributed by atoms with van der Waals surface area (Å²) in [4.78, 5) is 9.92. The molecule has 50 heavy (non-hydrogen) atoms. The number of pyridine rings is 2. The van der Waals surface area contributed by atoms with Gasteiger partial charge in [-0.25, -0.2) is 4.98 Å². The van der Waals surface area contributed by atoms with Crippen LogP contribution in [0.5, 0.6) is 0 Å². The van der Waals surface area contributed by atoms with Gasteiger partial charge in [0.05, 0.1) is 16.7 Å². The number of nitrogens with zero attached hydrogens (tertiary/aromatic N) is 2. The lowest BCUT2D eigenvalue weighted by atomic mass is 9.94. The Kier molecular flexibility index (Phi) is 6.79. The average molecular weight is 657 g/mol. The Labute approximate surface area is 290 Å². The monoisotopic (exact) mass is 656 g/mol. The van der Waals surface area contributed by atoms with Crippen LogP contribution in [0.3, 0.4) is 0 Å². The Balaban J connectivity index is 1.16. The molecule has 3 heterocycles. The minimum Gasteiger partial charge on any atom is -0.455 e. The molecule has 3 nitrogen and oxygen atoms in total. The Morgan fingerprint density at radius 2 is 1.12 bits per heavy atom. The molecule has 10 aromatic rings. The molecule has 0 aliphatic rings. The Hall–Kier alpha value is -6.15. The third-order valence-electron chi connectivity index (χ3n) is 9.68. The highest BCUT2D eigenvalue weighted by Gasteiger charge is 2.20. The summed E-state index contributed by atoms with van der Waals surface area (Å²) in [6.45, 7) is 0. The standard InChI is InChI=1S/C46H29N2OP/c1-3-12-33(13-4-1)50(34-14-5-2-6-15-34)35-25-22-30(23-26-35)39-29-40-43-38(18-9-19-42(43)49-46(40)37-17-8-7-16-36(37)39)41-27-24-32-21-20-31-11-10-28-47-44(31)45(32)48-41/h1-29H. The third-order valence-corrected chi connectivity index (χ3v) is 12.1. The molecule has 0 atom stereocenters. The van der Waals surface area contributed by atoms with E-state index in [1.165, 1.54) is 32.4 Å². The van der Waals surface area contributed by atoms with Crippen LogP contribution in [-0.4, -0.2) is 9.97 Å². The molecule has 0 saturated heterocycles. The van der Waals surface area contributed by atoms with E-state index in [-0.39, 0.29) is 0 Å². The highest BCUT2D eigenvalue weighted by atomic mass is 31.1. The minimum atomic E-state index is -0.687. The Bertz CT molecular complexity index is 2820. The molecule has 0 amide bonds. The smallest absolute Gasteiger partial charge is 0.143 e. The fourth-order valence-corrected chi connectivity index (χ4v) is 9.65. The highest BCUT2D eigenvalue weighted by molar-refractivity contribution is 7.79. The summed E-state index contributed by atoms with van der Waals surface area (Å²) in [6.07, 6.45) is 1.84. The molecule has 0 fully saturated rings. The summed E-state index contributed by atoms with van der Waals surface area (Å²) >= 11 is 0. The van der Waals surface area contributed by atoms with E-state index in [0.717, 1.165) is 60.4 Å². The average Bonchev–Trinajstić information content (AvgIpc) is 3.58. The van der Waals surface area contributed by atoms with E-state index in [1.54, 1.807) is 0 Å². The Morgan fingerprint density at radius 3 is 1.88 bits per heavy atom. The largest absolute Gasteiger partial charge is 0.455 e. The van der Waals surface area contributed by atoms with Gasteiger partial charge >= 0.3 is 0 Å². The number of rotatable bonds is 5. The molecule has 0 aliphatic carbocycles. The first-order valence-electron chi connectivity index (χ1n) is 16.8. The van der Waals surface area contributed by atoms with Crippen molar-refractivity contribution in [2.75, 3.05) is 0 Å². The molecule has 0 bridgehead atoms. The van der Waals surface area contributed by atoms with Crippen molar-refractivity contribution in [1.82, 2.24) is 9.97 Å². The van der Waals surface area contributed by atoms with Crippen LogP contribution in [0.15, 0.2) is 180 Å². The van der Waals surface area contributed by atoms with Gasteiger partial charge in [-0.1, -0.05) is 146 Å². The lowest BCUT2D eigenvalue weighted by Gasteiger charge is -2.20. The van der Waals surface area contributed by atoms with E-state index in [0.29, 0.717) is 0 Å². The number of hydrogen-bond acceptors (Lipinski definition) is 3. The van der Waals surface area contributed by atoms with Crippen molar-refractivity contribution in [3.63, 3.8) is 0 Å². The van der Waals surface area contributed by atoms with Crippen LogP contribution in [0.25, 0.3) is 76.9 Å². The predicted molar refractivity (Wildman–Crippen MR) is 211 cm³/mol. The fraction of sp³-hybridized carbons (Fsp3) is 0. The van der Waals surface area contributed by atoms with Crippen LogP contribution in [0.1, 0.15) is 0 Å². The number of aromatic nitrogens is 2. The molecule has 0 aliphatic heterocycles. The van der Waals surface area contributed by atoms with Crippen molar-refractivity contribution in [2.45, 2.75) is 0 Å². The molecule has 3 aromatic heterocycles. The Morgan fingerprint density at radius 1 is 0.460 bits per heavy atom. The van der Waals surface area contributed by atoms with Gasteiger partial charge in [0.25, 0.3) is 0 Å². The van der Waals surface area contributed by atoms with E-state index in [2.05, 4.69) is 164 Å². The van der Waals surface area contributed by atoms with E-state index in [4.69, 9.17) is 14.4 Å². The lowest BCUT2D eigenvalue weighted by Crippen LogP contribution is -2.20. The van der Waals surface area contributed by atoms with Gasteiger partial charge in [0.2, 0.25) is 0 Å². The van der Waals surface area contributed by atoms with Crippen LogP contribution < -0.4 is 15.9 Å². The first-order valence-corrected chi connectivity index (χ1v) is 18.2. The van der Waals surface area contributed by atoms with Gasteiger partial charge in [-0.2, -0.15) is 0 Å². The summed E-state index contributed by atoms with van der Waals surface area (Å²) in [5, 5.41) is 10.6. The SMILES string of the molecule is c1ccc(P(c2ccccc2)c2ccc(-c3cc4c(oc5cccc(-c6ccc7ccc8cccnc8c7n6)c54)c4ccccc34)cc2)cc1. The number of fused-ring (bicyclic) bond motifs is 8. The van der Waals surface area contributed by atoms with E-state index in [9.17, 15) is 0 Å². The van der Waals surface area contributed by atoms with Crippen molar-refractivity contribution in [1.29, 1.82) is 0 Å². The van der Waals surface area contributed by atoms with Crippen molar-refractivity contribution in [2.24, 2.45) is 0 Å². The second-order valence-electron chi connectivity index (χ2n) is 12.6. The highest BCUT2D eigenvalue weighted by Crippen LogP contribution is 2.43. The van der Waals surface area contributed by atoms with E-state index >= 15 is 0 Å². The molecular formula is C46H29N2OP. The maximum atomic E-state index is 6.69. The van der Waals surface area contributed by atoms with Gasteiger partial charge in [-0.3, -0.25) is 4.98 Å². The van der Waals surface area contributed by atoms with Gasteiger partial charge in [0, 0.05) is 38.7 Å². The normalized spacial score (nSPS) is 11.8. The van der Waals surface area contributed by atoms with Crippen LogP contribution in [-0.2, 0) is 0 Å². The molecule has 0 unspecified atom stereocenters. The second-order valence-corrected chi connectivity index (χ2v) is 14.8. The third kappa shape index (κ3) is 4.70. The minimum absolute atomic E-state index is 0.687. The topological polar surface area (TPSA) is 38.9 Å². The summed E-state index contributed by atoms with van der Waals surface area (Å²) in [5.74, 6) is 0. The number of benzene rings is 7. The maximum absolute atomic E-state index is 6.69. The summed E-state index contributed by atoms with van der Waals surface area (Å²) < 4.78 is 6.69. The first kappa shape index (κ1) is 28.8. The summed E-state index contributed by atoms with van der Waals surface area (Å²) in [7, 11) is -0.687. The van der Waals surface area contributed by atoms with Crippen LogP contribution in [0.4, 0.5) is 0 Å². The van der Waals surface area contributed by atoms with Gasteiger partial charge in [-0.15, -0.1) is 0 Å². The molecule has 0 radical (unpaired) electrons. The van der Waals surface area contributed by atoms with E-state index < -0.39 is 7.92 Å². The zero-order valence-electron chi connectivity index (χ0n) is 27.0. The predicted octanol–water partition coefficient (Wildman–Crippen LogP) is 10.9. The molecule has 234 valence electrons. The number of furan rings is 1. The fourth-order valence-electron chi connectivity index (χ4n) is 7.37. The van der Waals surface area contributed by atoms with Crippen LogP contribution in [0, 0.1) is 0 Å². The van der Waals surface area contributed by atoms with Gasteiger partial charge in [0.1, 0.15) is 11.2 Å². The van der Waals surface area contributed by atoms with E-state index in [1.807, 2.05) is 12.3 Å². The molecule has 4 heteroatoms. The number of hydrogen-bond donors (Lipinski definition) is 0. The molecular weight excluding hydrogens is 627 g/mol. The first-order chi connectivity index (χ1) is 24.8. The van der Waals surface area contributed by atoms with Crippen molar-refractivity contribution in [3.8, 4) is 22.4 Å². The van der Waals surface area contributed by atoms with Gasteiger partial charge in [0.15, 0.2) is 0 Å². The summed E-state index contributed by atoms with van der Waals surface area (Å²) in [5.41, 5.74) is 7.87. The van der Waals surface area contributed by atoms with Crippen LogP contribution in [0.2, 0.25) is 0 Å². The van der Waals surface area contributed by atoms with Gasteiger partial charge < -0.3 is 4.42 Å². The van der Waals surface area contributed by atoms with Crippen molar-refractivity contribution < 1.29 is 4.42 Å². The molecule has 10 rings (SSSR count). The summed E-state index contributed by atoms with van der Waals surface area (Å²) in [6, 6.07) is 60.7. The molecule has 0 N–H and O–H groups in total. The molecule has 7 aromatic carbocycles. The van der Waals surface area contributed by atoms with Crippen molar-refractivity contribution in [3.05, 3.63) is 176 Å². The quantitative estimate of drug-likeness (QED) is 0.137.